The van der Waals surface area contributed by atoms with Crippen LogP contribution < -0.4 is 36.6 Å². The Kier molecular flexibility index (Phi) is 12.4. The topological polar surface area (TPSA) is 9.23 Å². The van der Waals surface area contributed by atoms with E-state index in [2.05, 4.69) is 195 Å². The molecule has 3 heteroatoms. The normalized spacial score (nSPS) is 11.2. The summed E-state index contributed by atoms with van der Waals surface area (Å²) in [5, 5.41) is 8.04. The van der Waals surface area contributed by atoms with Gasteiger partial charge in [0.25, 0.3) is 0 Å². The Morgan fingerprint density at radius 1 is 0.404 bits per heavy atom. The molecule has 0 saturated heterocycles. The third kappa shape index (κ3) is 8.45. The van der Waals surface area contributed by atoms with E-state index in [0.29, 0.717) is 6.61 Å². The van der Waals surface area contributed by atoms with E-state index in [1.54, 1.807) is 0 Å². The fourth-order valence-electron chi connectivity index (χ4n) is 6.98. The Labute approximate surface area is 312 Å². The molecule has 0 fully saturated rings. The molecule has 0 aliphatic rings. The van der Waals surface area contributed by atoms with E-state index >= 15 is 0 Å². The smallest absolute Gasteiger partial charge is 0.127 e. The lowest BCUT2D eigenvalue weighted by Gasteiger charge is -2.29. The van der Waals surface area contributed by atoms with E-state index < -0.39 is 15.8 Å². The monoisotopic (exact) mass is 712 g/mol. The molecule has 0 atom stereocenters. The second kappa shape index (κ2) is 18.1. The van der Waals surface area contributed by atoms with Crippen molar-refractivity contribution >= 4 is 47.7 Å². The lowest BCUT2D eigenvalue weighted by Crippen LogP contribution is -2.27. The number of hydrogen-bond acceptors (Lipinski definition) is 1. The van der Waals surface area contributed by atoms with Crippen LogP contribution in [0, 0.1) is 0 Å². The van der Waals surface area contributed by atoms with E-state index in [1.165, 1.54) is 73.3 Å². The van der Waals surface area contributed by atoms with Gasteiger partial charge in [-0.2, -0.15) is 0 Å². The second-order valence-electron chi connectivity index (χ2n) is 13.0. The molecule has 0 amide bonds. The van der Waals surface area contributed by atoms with Gasteiger partial charge in [-0.15, -0.1) is 0 Å². The van der Waals surface area contributed by atoms with Crippen LogP contribution in [0.15, 0.2) is 188 Å². The van der Waals surface area contributed by atoms with Crippen molar-refractivity contribution in [1.29, 1.82) is 0 Å². The minimum atomic E-state index is -0.916. The quantitative estimate of drug-likeness (QED) is 0.0760. The first-order chi connectivity index (χ1) is 25.8. The van der Waals surface area contributed by atoms with E-state index in [-0.39, 0.29) is 0 Å². The van der Waals surface area contributed by atoms with Crippen molar-refractivity contribution in [3.63, 3.8) is 0 Å². The molecule has 0 aliphatic heterocycles. The van der Waals surface area contributed by atoms with E-state index in [9.17, 15) is 0 Å². The third-order valence-electron chi connectivity index (χ3n) is 9.42. The molecular formula is C49H46OP2. The van der Waals surface area contributed by atoms with Crippen molar-refractivity contribution in [2.45, 2.75) is 39.0 Å². The average Bonchev–Trinajstić information content (AvgIpc) is 3.21. The van der Waals surface area contributed by atoms with Gasteiger partial charge in [0, 0.05) is 5.56 Å². The molecule has 0 aromatic heterocycles. The Bertz CT molecular complexity index is 2040. The van der Waals surface area contributed by atoms with Crippen molar-refractivity contribution in [1.82, 2.24) is 0 Å². The third-order valence-corrected chi connectivity index (χ3v) is 14.4. The van der Waals surface area contributed by atoms with Crippen LogP contribution in [0.25, 0.3) is 11.1 Å². The standard InChI is InChI=1S/C49H46OP2/c1-2-3-4-20-37-50-45-34-22-36-47(52(43-30-16-8-17-31-43)44-32-18-9-19-33-44)49(45)48-40(38-39-23-10-5-11-24-39)25-21-35-46(48)51(41-26-12-6-13-27-41)42-28-14-7-15-29-42/h5-19,21-36H,2-4,20,37-38H2,1H3. The van der Waals surface area contributed by atoms with Crippen molar-refractivity contribution in [2.75, 3.05) is 6.61 Å². The van der Waals surface area contributed by atoms with Gasteiger partial charge in [0.1, 0.15) is 5.75 Å². The van der Waals surface area contributed by atoms with Crippen LogP contribution in [-0.4, -0.2) is 6.61 Å². The molecule has 258 valence electrons. The maximum Gasteiger partial charge on any atom is 0.127 e. The molecule has 0 radical (unpaired) electrons. The fourth-order valence-corrected chi connectivity index (χ4v) is 12.0. The van der Waals surface area contributed by atoms with Gasteiger partial charge in [-0.3, -0.25) is 0 Å². The molecule has 0 saturated carbocycles. The highest BCUT2D eigenvalue weighted by Gasteiger charge is 2.29. The Morgan fingerprint density at radius 2 is 0.846 bits per heavy atom. The molecule has 7 rings (SSSR count). The van der Waals surface area contributed by atoms with Gasteiger partial charge in [-0.05, 0) is 83.3 Å². The summed E-state index contributed by atoms with van der Waals surface area (Å²) in [6.07, 6.45) is 5.48. The predicted octanol–water partition coefficient (Wildman–Crippen LogP) is 10.4. The average molecular weight is 713 g/mol. The van der Waals surface area contributed by atoms with Crippen LogP contribution in [0.2, 0.25) is 0 Å². The van der Waals surface area contributed by atoms with Gasteiger partial charge in [0.15, 0.2) is 0 Å². The second-order valence-corrected chi connectivity index (χ2v) is 17.4. The number of benzene rings is 7. The SMILES string of the molecule is CCCCCCOc1cccc(P(c2ccccc2)c2ccccc2)c1-c1c(Cc2ccccc2)cccc1P(c1ccccc1)c1ccccc1. The minimum absolute atomic E-state index is 0.702. The Morgan fingerprint density at radius 3 is 1.33 bits per heavy atom. The summed E-state index contributed by atoms with van der Waals surface area (Å²) in [6, 6.07) is 69.2. The first-order valence-electron chi connectivity index (χ1n) is 18.5. The maximum atomic E-state index is 6.97. The summed E-state index contributed by atoms with van der Waals surface area (Å²) in [4.78, 5) is 0. The lowest BCUT2D eigenvalue weighted by molar-refractivity contribution is 0.306. The van der Waals surface area contributed by atoms with E-state index in [0.717, 1.165) is 18.6 Å². The van der Waals surface area contributed by atoms with Crippen LogP contribution >= 0.6 is 15.8 Å². The lowest BCUT2D eigenvalue weighted by atomic mass is 9.94. The molecule has 0 aliphatic carbocycles. The summed E-state index contributed by atoms with van der Waals surface area (Å²) < 4.78 is 6.97. The molecule has 52 heavy (non-hydrogen) atoms. The molecule has 0 bridgehead atoms. The first kappa shape index (κ1) is 35.6. The fraction of sp³-hybridized carbons (Fsp3) is 0.143. The Hall–Kier alpha value is -4.80. The zero-order valence-corrected chi connectivity index (χ0v) is 31.7. The first-order valence-corrected chi connectivity index (χ1v) is 21.2. The molecule has 0 N–H and O–H groups in total. The summed E-state index contributed by atoms with van der Waals surface area (Å²) >= 11 is 0. The van der Waals surface area contributed by atoms with Crippen LogP contribution in [0.4, 0.5) is 0 Å². The highest BCUT2D eigenvalue weighted by molar-refractivity contribution is 7.80. The molecule has 0 spiro atoms. The van der Waals surface area contributed by atoms with Gasteiger partial charge in [-0.25, -0.2) is 0 Å². The van der Waals surface area contributed by atoms with E-state index in [1.807, 2.05) is 0 Å². The van der Waals surface area contributed by atoms with Gasteiger partial charge < -0.3 is 4.74 Å². The van der Waals surface area contributed by atoms with Crippen LogP contribution in [0.1, 0.15) is 43.7 Å². The van der Waals surface area contributed by atoms with E-state index in [4.69, 9.17) is 4.74 Å². The molecule has 0 unspecified atom stereocenters. The van der Waals surface area contributed by atoms with Crippen LogP contribution in [0.5, 0.6) is 5.75 Å². The van der Waals surface area contributed by atoms with Gasteiger partial charge in [-0.1, -0.05) is 208 Å². The van der Waals surface area contributed by atoms with Crippen molar-refractivity contribution in [3.05, 3.63) is 199 Å². The molecule has 0 heterocycles. The maximum absolute atomic E-state index is 6.97. The van der Waals surface area contributed by atoms with Crippen molar-refractivity contribution < 1.29 is 4.74 Å². The number of ether oxygens (including phenoxy) is 1. The molecule has 1 nitrogen and oxygen atoms in total. The minimum Gasteiger partial charge on any atom is -0.493 e. The summed E-state index contributed by atoms with van der Waals surface area (Å²) in [6.45, 7) is 2.97. The highest BCUT2D eigenvalue weighted by atomic mass is 31.1. The number of unbranched alkanes of at least 4 members (excludes halogenated alkanes) is 3. The number of hydrogen-bond donors (Lipinski definition) is 0. The zero-order valence-electron chi connectivity index (χ0n) is 29.9. The Balaban J connectivity index is 1.54. The summed E-state index contributed by atoms with van der Waals surface area (Å²) in [7, 11) is -1.82. The van der Waals surface area contributed by atoms with Gasteiger partial charge >= 0.3 is 0 Å². The number of rotatable bonds is 15. The van der Waals surface area contributed by atoms with Crippen LogP contribution in [0.3, 0.4) is 0 Å². The highest BCUT2D eigenvalue weighted by Crippen LogP contribution is 2.45. The van der Waals surface area contributed by atoms with Crippen molar-refractivity contribution in [2.24, 2.45) is 0 Å². The summed E-state index contributed by atoms with van der Waals surface area (Å²) in [5.74, 6) is 0.978. The largest absolute Gasteiger partial charge is 0.493 e. The molecule has 7 aromatic carbocycles. The zero-order chi connectivity index (χ0) is 35.4. The van der Waals surface area contributed by atoms with Gasteiger partial charge in [0.2, 0.25) is 0 Å². The molecule has 7 aromatic rings. The predicted molar refractivity (Wildman–Crippen MR) is 228 cm³/mol. The molecular weight excluding hydrogens is 666 g/mol. The summed E-state index contributed by atoms with van der Waals surface area (Å²) in [5.41, 5.74) is 5.17. The van der Waals surface area contributed by atoms with Crippen LogP contribution in [-0.2, 0) is 6.42 Å². The van der Waals surface area contributed by atoms with Crippen molar-refractivity contribution in [3.8, 4) is 16.9 Å². The van der Waals surface area contributed by atoms with Gasteiger partial charge in [0.05, 0.1) is 6.61 Å².